The molecular weight excluding hydrogens is 306 g/mol. The summed E-state index contributed by atoms with van der Waals surface area (Å²) in [4.78, 5) is 19.4. The van der Waals surface area contributed by atoms with Gasteiger partial charge in [-0.3, -0.25) is 4.90 Å². The minimum absolute atomic E-state index is 0.426. The number of rotatable bonds is 5. The van der Waals surface area contributed by atoms with Gasteiger partial charge in [-0.25, -0.2) is 4.84 Å². The van der Waals surface area contributed by atoms with E-state index in [-0.39, 0.29) is 0 Å². The lowest BCUT2D eigenvalue weighted by molar-refractivity contribution is -0.735. The molecule has 0 N–H and O–H groups in total. The second kappa shape index (κ2) is 6.64. The molecule has 1 aliphatic heterocycles. The number of aromatic nitrogens is 1. The molecule has 1 saturated heterocycles. The summed E-state index contributed by atoms with van der Waals surface area (Å²) in [7, 11) is 1.34. The van der Waals surface area contributed by atoms with E-state index in [1.54, 1.807) is 6.07 Å². The van der Waals surface area contributed by atoms with Crippen LogP contribution < -0.4 is 0 Å². The van der Waals surface area contributed by atoms with Crippen LogP contribution in [0.5, 0.6) is 0 Å². The van der Waals surface area contributed by atoms with Crippen molar-refractivity contribution >= 4 is 28.2 Å². The summed E-state index contributed by atoms with van der Waals surface area (Å²) < 4.78 is 7.47. The van der Waals surface area contributed by atoms with Gasteiger partial charge in [0.2, 0.25) is 0 Å². The van der Waals surface area contributed by atoms with Gasteiger partial charge in [0, 0.05) is 43.5 Å². The first-order chi connectivity index (χ1) is 10.7. The molecule has 1 fully saturated rings. The lowest BCUT2D eigenvalue weighted by atomic mass is 10.2. The smallest absolute Gasteiger partial charge is 0.327 e. The number of hydrogen-bond donors (Lipinski definition) is 0. The predicted molar refractivity (Wildman–Crippen MR) is 84.5 cm³/mol. The van der Waals surface area contributed by atoms with Crippen molar-refractivity contribution in [3.05, 3.63) is 34.3 Å². The molecule has 0 bridgehead atoms. The van der Waals surface area contributed by atoms with E-state index in [1.807, 2.05) is 18.3 Å². The maximum Gasteiger partial charge on any atom is 0.327 e. The van der Waals surface area contributed by atoms with Gasteiger partial charge in [0.25, 0.3) is 4.92 Å². The van der Waals surface area contributed by atoms with E-state index in [1.165, 1.54) is 7.11 Å². The first-order valence-electron chi connectivity index (χ1n) is 7.29. The van der Waals surface area contributed by atoms with Crippen LogP contribution in [0.4, 0.5) is 5.69 Å². The van der Waals surface area contributed by atoms with Crippen LogP contribution in [0.1, 0.15) is 0 Å². The molecule has 0 radical (unpaired) electrons. The number of morpholine rings is 1. The molecule has 2 aromatic rings. The van der Waals surface area contributed by atoms with Crippen molar-refractivity contribution in [2.24, 2.45) is 0 Å². The summed E-state index contributed by atoms with van der Waals surface area (Å²) in [5.74, 6) is 0. The number of nitrogens with zero attached hydrogens (tertiary/aromatic N) is 3. The zero-order chi connectivity index (χ0) is 15.5. The topological polar surface area (TPSA) is 46.7 Å². The van der Waals surface area contributed by atoms with Gasteiger partial charge in [-0.1, -0.05) is 11.6 Å². The van der Waals surface area contributed by atoms with E-state index < -0.39 is 0 Å². The highest BCUT2D eigenvalue weighted by Gasteiger charge is 2.22. The fourth-order valence-electron chi connectivity index (χ4n) is 2.76. The van der Waals surface area contributed by atoms with E-state index >= 15 is 0 Å². The Morgan fingerprint density at radius 1 is 1.32 bits per heavy atom. The quantitative estimate of drug-likeness (QED) is 0.793. The molecule has 3 rings (SSSR count). The van der Waals surface area contributed by atoms with E-state index in [4.69, 9.17) is 21.2 Å². The highest BCUT2D eigenvalue weighted by molar-refractivity contribution is 6.31. The molecule has 22 heavy (non-hydrogen) atoms. The monoisotopic (exact) mass is 324 g/mol. The van der Waals surface area contributed by atoms with Crippen LogP contribution in [0, 0.1) is 4.91 Å². The fraction of sp³-hybridized carbons (Fsp3) is 0.467. The highest BCUT2D eigenvalue weighted by Crippen LogP contribution is 2.30. The average Bonchev–Trinajstić information content (AvgIpc) is 2.95. The van der Waals surface area contributed by atoms with Gasteiger partial charge >= 0.3 is 5.69 Å². The maximum absolute atomic E-state index is 11.8. The van der Waals surface area contributed by atoms with Crippen molar-refractivity contribution in [2.45, 2.75) is 6.54 Å². The predicted octanol–water partition coefficient (Wildman–Crippen LogP) is 2.60. The summed E-state index contributed by atoms with van der Waals surface area (Å²) in [5.41, 5.74) is 1.36. The summed E-state index contributed by atoms with van der Waals surface area (Å²) in [6, 6.07) is 5.42. The molecule has 1 aromatic heterocycles. The molecule has 2 heterocycles. The average molecular weight is 325 g/mol. The molecule has 0 unspecified atom stereocenters. The minimum atomic E-state index is 0.426. The third-order valence-electron chi connectivity index (χ3n) is 3.96. The molecule has 0 aliphatic carbocycles. The molecule has 0 atom stereocenters. The second-order valence-corrected chi connectivity index (χ2v) is 5.70. The van der Waals surface area contributed by atoms with Crippen LogP contribution in [0.25, 0.3) is 10.9 Å². The Balaban J connectivity index is 1.84. The van der Waals surface area contributed by atoms with Gasteiger partial charge in [0.15, 0.2) is 7.11 Å². The van der Waals surface area contributed by atoms with Crippen LogP contribution in [0.3, 0.4) is 0 Å². The Labute approximate surface area is 133 Å². The molecular formula is C15H19ClN3O3+. The van der Waals surface area contributed by atoms with Gasteiger partial charge in [-0.2, -0.15) is 0 Å². The van der Waals surface area contributed by atoms with E-state index in [0.717, 1.165) is 50.3 Å². The summed E-state index contributed by atoms with van der Waals surface area (Å²) in [5, 5.41) is 1.36. The molecule has 0 saturated carbocycles. The van der Waals surface area contributed by atoms with Crippen LogP contribution in [-0.2, 0) is 16.1 Å². The van der Waals surface area contributed by atoms with Crippen molar-refractivity contribution in [3.63, 3.8) is 0 Å². The van der Waals surface area contributed by atoms with Crippen molar-refractivity contribution < 1.29 is 14.5 Å². The number of benzene rings is 1. The van der Waals surface area contributed by atoms with Crippen LogP contribution in [0.15, 0.2) is 24.4 Å². The summed E-state index contributed by atoms with van der Waals surface area (Å²) in [6.45, 7) is 5.30. The standard InChI is InChI=1S/C15H19ClN3O3/c1-21-19(20)15-11-12(16)10-14-13(15)2-3-18(14)5-4-17-6-8-22-9-7-17/h2-3,10-11H,4-9H2,1H3/q+1. The molecule has 118 valence electrons. The zero-order valence-corrected chi connectivity index (χ0v) is 13.3. The third kappa shape index (κ3) is 3.09. The van der Waals surface area contributed by atoms with Gasteiger partial charge in [0.05, 0.1) is 29.0 Å². The molecule has 1 aromatic carbocycles. The zero-order valence-electron chi connectivity index (χ0n) is 12.5. The molecule has 0 spiro atoms. The van der Waals surface area contributed by atoms with Crippen molar-refractivity contribution in [2.75, 3.05) is 40.0 Å². The Bertz CT molecular complexity index is 680. The number of ether oxygens (including phenoxy) is 1. The third-order valence-corrected chi connectivity index (χ3v) is 4.17. The van der Waals surface area contributed by atoms with Crippen molar-refractivity contribution in [1.29, 1.82) is 0 Å². The Morgan fingerprint density at radius 2 is 2.09 bits per heavy atom. The molecule has 1 aliphatic rings. The van der Waals surface area contributed by atoms with E-state index in [0.29, 0.717) is 15.6 Å². The van der Waals surface area contributed by atoms with E-state index in [9.17, 15) is 4.91 Å². The van der Waals surface area contributed by atoms with Crippen LogP contribution in [0.2, 0.25) is 5.02 Å². The normalized spacial score (nSPS) is 16.1. The first kappa shape index (κ1) is 15.3. The van der Waals surface area contributed by atoms with Crippen molar-refractivity contribution in [3.8, 4) is 0 Å². The van der Waals surface area contributed by atoms with Crippen LogP contribution >= 0.6 is 11.6 Å². The molecule has 7 heteroatoms. The molecule has 0 amide bonds. The fourth-order valence-corrected chi connectivity index (χ4v) is 2.97. The highest BCUT2D eigenvalue weighted by atomic mass is 35.5. The number of hydrogen-bond acceptors (Lipinski definition) is 4. The van der Waals surface area contributed by atoms with Gasteiger partial charge in [-0.05, 0) is 12.1 Å². The molecule has 6 nitrogen and oxygen atoms in total. The van der Waals surface area contributed by atoms with Gasteiger partial charge in [0.1, 0.15) is 0 Å². The van der Waals surface area contributed by atoms with E-state index in [2.05, 4.69) is 9.47 Å². The number of fused-ring (bicyclic) bond motifs is 1. The summed E-state index contributed by atoms with van der Waals surface area (Å²) >= 11 is 6.14. The minimum Gasteiger partial charge on any atom is -0.379 e. The first-order valence-corrected chi connectivity index (χ1v) is 7.66. The number of halogens is 1. The Kier molecular flexibility index (Phi) is 4.61. The van der Waals surface area contributed by atoms with Gasteiger partial charge in [-0.15, -0.1) is 0 Å². The maximum atomic E-state index is 11.8. The Hall–Kier alpha value is -1.63. The lowest BCUT2D eigenvalue weighted by Gasteiger charge is -2.26. The summed E-state index contributed by atoms with van der Waals surface area (Å²) in [6.07, 6.45) is 1.98. The van der Waals surface area contributed by atoms with Crippen molar-refractivity contribution in [1.82, 2.24) is 9.47 Å². The largest absolute Gasteiger partial charge is 0.379 e. The van der Waals surface area contributed by atoms with Gasteiger partial charge < -0.3 is 9.30 Å². The van der Waals surface area contributed by atoms with Crippen LogP contribution in [-0.4, -0.2) is 54.3 Å². The Morgan fingerprint density at radius 3 is 2.82 bits per heavy atom. The SMILES string of the molecule is CO[N+](=O)c1cc(Cl)cc2c1ccn2CCN1CCOCC1. The second-order valence-electron chi connectivity index (χ2n) is 5.26. The lowest BCUT2D eigenvalue weighted by Crippen LogP contribution is -2.38.